The summed E-state index contributed by atoms with van der Waals surface area (Å²) < 4.78 is 0. The number of allylic oxidation sites excluding steroid dienone is 4. The Morgan fingerprint density at radius 3 is 2.27 bits per heavy atom. The number of rotatable bonds is 0. The van der Waals surface area contributed by atoms with Gasteiger partial charge in [-0.2, -0.15) is 0 Å². The van der Waals surface area contributed by atoms with Crippen LogP contribution in [0.3, 0.4) is 0 Å². The van der Waals surface area contributed by atoms with Crippen LogP contribution in [0.5, 0.6) is 0 Å². The molecule has 1 aliphatic heterocycles. The first kappa shape index (κ1) is 18.4. The molecule has 0 saturated carbocycles. The van der Waals surface area contributed by atoms with Crippen LogP contribution in [0.25, 0.3) is 0 Å². The molecule has 0 amide bonds. The van der Waals surface area contributed by atoms with Gasteiger partial charge >= 0.3 is 26.2 Å². The van der Waals surface area contributed by atoms with Crippen molar-refractivity contribution in [1.29, 1.82) is 0 Å². The van der Waals surface area contributed by atoms with E-state index in [4.69, 9.17) is 0 Å². The predicted octanol–water partition coefficient (Wildman–Crippen LogP) is -2.47. The van der Waals surface area contributed by atoms with Crippen molar-refractivity contribution in [3.63, 3.8) is 0 Å². The zero-order valence-corrected chi connectivity index (χ0v) is 13.8. The summed E-state index contributed by atoms with van der Waals surface area (Å²) in [5, 5.41) is 0.656. The molecule has 0 spiro atoms. The molecule has 2 rings (SSSR count). The van der Waals surface area contributed by atoms with Crippen molar-refractivity contribution >= 4 is 11.8 Å². The molecule has 0 bridgehead atoms. The summed E-state index contributed by atoms with van der Waals surface area (Å²) in [7, 11) is 0. The van der Waals surface area contributed by atoms with Crippen LogP contribution in [0.15, 0.2) is 34.8 Å². The van der Waals surface area contributed by atoms with Crippen LogP contribution in [0.4, 0.5) is 0 Å². The number of halogens is 2. The molecular formula is C11H14Cl2SZr. The number of thioether (sulfide) groups is 1. The Morgan fingerprint density at radius 2 is 1.80 bits per heavy atom. The molecule has 0 nitrogen and oxygen atoms in total. The van der Waals surface area contributed by atoms with E-state index in [1.807, 2.05) is 11.8 Å². The van der Waals surface area contributed by atoms with Gasteiger partial charge < -0.3 is 24.8 Å². The summed E-state index contributed by atoms with van der Waals surface area (Å²) in [6.07, 6.45) is 8.93. The predicted molar refractivity (Wildman–Crippen MR) is 56.1 cm³/mol. The SMILES string of the molecule is CC(C)(C)C1C=C2C=CC=C2S1.[Cl-].[Cl-].[Zr+2]. The van der Waals surface area contributed by atoms with Crippen LogP contribution in [-0.4, -0.2) is 5.25 Å². The fraction of sp³-hybridized carbons (Fsp3) is 0.455. The molecule has 15 heavy (non-hydrogen) atoms. The third-order valence-electron chi connectivity index (χ3n) is 2.25. The second-order valence-electron chi connectivity index (χ2n) is 4.42. The molecule has 0 aromatic carbocycles. The summed E-state index contributed by atoms with van der Waals surface area (Å²) in [5.74, 6) is 0. The van der Waals surface area contributed by atoms with Crippen molar-refractivity contribution in [2.75, 3.05) is 0 Å². The molecule has 0 N–H and O–H groups in total. The Morgan fingerprint density at radius 1 is 1.20 bits per heavy atom. The minimum atomic E-state index is 0. The molecular weight excluding hydrogens is 326 g/mol. The standard InChI is InChI=1S/C11H14S.2ClH.Zr/c1-11(2,3)10-7-8-5-4-6-9(8)12-10;;;/h4-7,10H,1-3H3;2*1H;/q;;;+2/p-2. The summed E-state index contributed by atoms with van der Waals surface area (Å²) in [5.41, 5.74) is 1.82. The first-order chi connectivity index (χ1) is 5.57. The van der Waals surface area contributed by atoms with Gasteiger partial charge in [0.25, 0.3) is 0 Å². The second kappa shape index (κ2) is 6.69. The summed E-state index contributed by atoms with van der Waals surface area (Å²) in [6.45, 7) is 6.90. The first-order valence-corrected chi connectivity index (χ1v) is 5.22. The van der Waals surface area contributed by atoms with Gasteiger partial charge in [0.1, 0.15) is 0 Å². The molecule has 1 heterocycles. The smallest absolute Gasteiger partial charge is 1.00 e. The first-order valence-electron chi connectivity index (χ1n) is 4.34. The summed E-state index contributed by atoms with van der Waals surface area (Å²) in [6, 6.07) is 0. The van der Waals surface area contributed by atoms with Crippen molar-refractivity contribution < 1.29 is 51.0 Å². The molecule has 0 radical (unpaired) electrons. The van der Waals surface area contributed by atoms with Gasteiger partial charge in [-0.05, 0) is 17.1 Å². The van der Waals surface area contributed by atoms with Gasteiger partial charge in [-0.1, -0.05) is 39.0 Å². The monoisotopic (exact) mass is 338 g/mol. The summed E-state index contributed by atoms with van der Waals surface area (Å²) in [4.78, 5) is 1.45. The maximum absolute atomic E-state index is 2.39. The minimum absolute atomic E-state index is 0. The average molecular weight is 340 g/mol. The van der Waals surface area contributed by atoms with Crippen LogP contribution in [0, 0.1) is 5.41 Å². The quantitative estimate of drug-likeness (QED) is 0.471. The van der Waals surface area contributed by atoms with E-state index in [-0.39, 0.29) is 51.0 Å². The van der Waals surface area contributed by atoms with Gasteiger partial charge in [0.05, 0.1) is 0 Å². The van der Waals surface area contributed by atoms with E-state index in [1.54, 1.807) is 0 Å². The topological polar surface area (TPSA) is 0 Å². The molecule has 0 aromatic heterocycles. The molecule has 82 valence electrons. The van der Waals surface area contributed by atoms with Gasteiger partial charge in [-0.3, -0.25) is 0 Å². The van der Waals surface area contributed by atoms with Crippen LogP contribution >= 0.6 is 11.8 Å². The van der Waals surface area contributed by atoms with Crippen LogP contribution in [0.1, 0.15) is 20.8 Å². The Labute approximate surface area is 128 Å². The van der Waals surface area contributed by atoms with Crippen molar-refractivity contribution in [3.8, 4) is 0 Å². The summed E-state index contributed by atoms with van der Waals surface area (Å²) >= 11 is 1.99. The van der Waals surface area contributed by atoms with E-state index in [2.05, 4.69) is 45.1 Å². The maximum Gasteiger partial charge on any atom is 2.00 e. The molecule has 1 aliphatic carbocycles. The molecule has 1 unspecified atom stereocenters. The molecule has 4 heteroatoms. The Balaban J connectivity index is 0. The van der Waals surface area contributed by atoms with E-state index in [9.17, 15) is 0 Å². The Bertz CT molecular complexity index is 300. The van der Waals surface area contributed by atoms with Crippen molar-refractivity contribution in [1.82, 2.24) is 0 Å². The van der Waals surface area contributed by atoms with Crippen molar-refractivity contribution in [2.24, 2.45) is 5.41 Å². The minimum Gasteiger partial charge on any atom is -1.00 e. The fourth-order valence-corrected chi connectivity index (χ4v) is 2.69. The van der Waals surface area contributed by atoms with E-state index in [1.165, 1.54) is 10.5 Å². The zero-order valence-electron chi connectivity index (χ0n) is 9.05. The molecule has 0 aromatic rings. The second-order valence-corrected chi connectivity index (χ2v) is 5.60. The van der Waals surface area contributed by atoms with Gasteiger partial charge in [0.2, 0.25) is 0 Å². The van der Waals surface area contributed by atoms with Crippen molar-refractivity contribution in [3.05, 3.63) is 34.8 Å². The maximum atomic E-state index is 2.39. The number of hydrogen-bond acceptors (Lipinski definition) is 1. The fourth-order valence-electron chi connectivity index (χ4n) is 1.42. The van der Waals surface area contributed by atoms with Crippen LogP contribution in [0.2, 0.25) is 0 Å². The largest absolute Gasteiger partial charge is 2.00 e. The van der Waals surface area contributed by atoms with Gasteiger partial charge in [-0.25, -0.2) is 0 Å². The van der Waals surface area contributed by atoms with Gasteiger partial charge in [0.15, 0.2) is 0 Å². The molecule has 0 saturated heterocycles. The average Bonchev–Trinajstić information content (AvgIpc) is 2.37. The van der Waals surface area contributed by atoms with E-state index >= 15 is 0 Å². The molecule has 0 fully saturated rings. The Hall–Kier alpha value is 1.03. The van der Waals surface area contributed by atoms with E-state index in [0.29, 0.717) is 10.7 Å². The van der Waals surface area contributed by atoms with Gasteiger partial charge in [-0.15, -0.1) is 11.8 Å². The van der Waals surface area contributed by atoms with Gasteiger partial charge in [0, 0.05) is 10.2 Å². The number of hydrogen-bond donors (Lipinski definition) is 0. The van der Waals surface area contributed by atoms with Crippen molar-refractivity contribution in [2.45, 2.75) is 26.0 Å². The third kappa shape index (κ3) is 4.07. The van der Waals surface area contributed by atoms with Crippen LogP contribution in [-0.2, 0) is 26.2 Å². The molecule has 1 atom stereocenters. The molecule has 2 aliphatic rings. The zero-order chi connectivity index (χ0) is 8.77. The Kier molecular flexibility index (Phi) is 8.21. The third-order valence-corrected chi connectivity index (χ3v) is 3.97. The normalized spacial score (nSPS) is 21.7. The number of fused-ring (bicyclic) bond motifs is 1. The van der Waals surface area contributed by atoms with E-state index in [0.717, 1.165) is 0 Å². The van der Waals surface area contributed by atoms with Crippen LogP contribution < -0.4 is 24.8 Å². The van der Waals surface area contributed by atoms with E-state index < -0.39 is 0 Å².